The van der Waals surface area contributed by atoms with Gasteiger partial charge >= 0.3 is 0 Å². The van der Waals surface area contributed by atoms with Gasteiger partial charge in [0.15, 0.2) is 0 Å². The van der Waals surface area contributed by atoms with Crippen LogP contribution in [-0.2, 0) is 6.54 Å². The van der Waals surface area contributed by atoms with Gasteiger partial charge in [0.25, 0.3) is 0 Å². The van der Waals surface area contributed by atoms with Crippen LogP contribution >= 0.6 is 0 Å². The molecule has 13 heavy (non-hydrogen) atoms. The Morgan fingerprint density at radius 2 is 2.46 bits per heavy atom. The van der Waals surface area contributed by atoms with Crippen LogP contribution in [0.3, 0.4) is 0 Å². The number of nitrogens with one attached hydrogen (secondary N) is 2. The summed E-state index contributed by atoms with van der Waals surface area (Å²) in [6.45, 7) is 2.81. The Kier molecular flexibility index (Phi) is 2.33. The molecule has 0 bridgehead atoms. The van der Waals surface area contributed by atoms with E-state index in [0.717, 1.165) is 30.8 Å². The van der Waals surface area contributed by atoms with Gasteiger partial charge in [-0.3, -0.25) is 0 Å². The number of imidazole rings is 1. The van der Waals surface area contributed by atoms with Crippen LogP contribution in [0.15, 0.2) is 6.33 Å². The van der Waals surface area contributed by atoms with Crippen LogP contribution in [0.2, 0.25) is 0 Å². The minimum atomic E-state index is -0.0854. The maximum atomic E-state index is 9.07. The Labute approximate surface area is 77.4 Å². The smallest absolute Gasteiger partial charge is 0.0925 e. The van der Waals surface area contributed by atoms with Crippen LogP contribution in [0.1, 0.15) is 24.2 Å². The lowest BCUT2D eigenvalue weighted by molar-refractivity contribution is 0.0618. The molecule has 0 spiro atoms. The van der Waals surface area contributed by atoms with Gasteiger partial charge in [0, 0.05) is 18.3 Å². The fourth-order valence-electron chi connectivity index (χ4n) is 1.56. The third kappa shape index (κ3) is 1.89. The molecule has 0 amide bonds. The number of H-pyrrole nitrogens is 1. The summed E-state index contributed by atoms with van der Waals surface area (Å²) in [5, 5.41) is 12.4. The van der Waals surface area contributed by atoms with E-state index in [4.69, 9.17) is 5.11 Å². The van der Waals surface area contributed by atoms with Crippen molar-refractivity contribution in [2.75, 3.05) is 0 Å². The van der Waals surface area contributed by atoms with Crippen molar-refractivity contribution in [2.24, 2.45) is 0 Å². The number of aliphatic hydroxyl groups excluding tert-OH is 1. The first-order chi connectivity index (χ1) is 6.25. The molecule has 0 aromatic carbocycles. The quantitative estimate of drug-likeness (QED) is 0.630. The summed E-state index contributed by atoms with van der Waals surface area (Å²) < 4.78 is 0. The van der Waals surface area contributed by atoms with Gasteiger partial charge in [0.1, 0.15) is 0 Å². The van der Waals surface area contributed by atoms with Gasteiger partial charge in [-0.25, -0.2) is 4.98 Å². The number of aromatic amines is 1. The summed E-state index contributed by atoms with van der Waals surface area (Å²) in [6.07, 6.45) is 3.38. The van der Waals surface area contributed by atoms with Crippen LogP contribution in [0, 0.1) is 6.92 Å². The van der Waals surface area contributed by atoms with E-state index in [2.05, 4.69) is 15.3 Å². The van der Waals surface area contributed by atoms with Crippen molar-refractivity contribution in [1.82, 2.24) is 15.3 Å². The van der Waals surface area contributed by atoms with Crippen LogP contribution < -0.4 is 5.32 Å². The maximum absolute atomic E-state index is 9.07. The summed E-state index contributed by atoms with van der Waals surface area (Å²) in [5.74, 6) is 0. The second-order valence-corrected chi connectivity index (χ2v) is 3.68. The predicted octanol–water partition coefficient (Wildman–Crippen LogP) is 0.331. The van der Waals surface area contributed by atoms with E-state index in [-0.39, 0.29) is 6.10 Å². The first kappa shape index (κ1) is 8.72. The molecular formula is C9H15N3O. The zero-order valence-electron chi connectivity index (χ0n) is 7.75. The summed E-state index contributed by atoms with van der Waals surface area (Å²) in [4.78, 5) is 7.22. The highest BCUT2D eigenvalue weighted by Gasteiger charge is 2.26. The molecule has 1 aromatic rings. The fraction of sp³-hybridized carbons (Fsp3) is 0.667. The van der Waals surface area contributed by atoms with Gasteiger partial charge in [-0.15, -0.1) is 0 Å². The molecular weight excluding hydrogens is 166 g/mol. The standard InChI is InChI=1S/C9H15N3O/c1-6-9(12-5-11-6)4-10-7-2-8(13)3-7/h5,7-8,10,13H,2-4H2,1H3,(H,11,12). The normalized spacial score (nSPS) is 27.2. The van der Waals surface area contributed by atoms with Gasteiger partial charge in [0.2, 0.25) is 0 Å². The van der Waals surface area contributed by atoms with Gasteiger partial charge in [0.05, 0.1) is 18.1 Å². The topological polar surface area (TPSA) is 60.9 Å². The molecule has 0 saturated heterocycles. The number of aliphatic hydroxyl groups is 1. The van der Waals surface area contributed by atoms with Gasteiger partial charge in [-0.2, -0.15) is 0 Å². The summed E-state index contributed by atoms with van der Waals surface area (Å²) in [6, 6.07) is 0.478. The molecule has 1 aliphatic carbocycles. The molecule has 4 heteroatoms. The molecule has 3 N–H and O–H groups in total. The van der Waals surface area contributed by atoms with E-state index in [1.807, 2.05) is 6.92 Å². The van der Waals surface area contributed by atoms with E-state index in [9.17, 15) is 0 Å². The maximum Gasteiger partial charge on any atom is 0.0925 e. The number of aromatic nitrogens is 2. The molecule has 1 heterocycles. The van der Waals surface area contributed by atoms with Gasteiger partial charge < -0.3 is 15.4 Å². The summed E-state index contributed by atoms with van der Waals surface area (Å²) in [5.41, 5.74) is 2.19. The Morgan fingerprint density at radius 1 is 1.69 bits per heavy atom. The van der Waals surface area contributed by atoms with Crippen LogP contribution in [0.5, 0.6) is 0 Å². The minimum Gasteiger partial charge on any atom is -0.393 e. The molecule has 0 unspecified atom stereocenters. The largest absolute Gasteiger partial charge is 0.393 e. The van der Waals surface area contributed by atoms with Crippen molar-refractivity contribution in [1.29, 1.82) is 0 Å². The first-order valence-electron chi connectivity index (χ1n) is 4.66. The number of aryl methyl sites for hydroxylation is 1. The Balaban J connectivity index is 1.77. The lowest BCUT2D eigenvalue weighted by Crippen LogP contribution is -2.43. The minimum absolute atomic E-state index is 0.0854. The zero-order valence-corrected chi connectivity index (χ0v) is 7.75. The van der Waals surface area contributed by atoms with Crippen LogP contribution in [0.25, 0.3) is 0 Å². The highest BCUT2D eigenvalue weighted by molar-refractivity contribution is 5.08. The monoisotopic (exact) mass is 181 g/mol. The number of rotatable bonds is 3. The number of hydrogen-bond acceptors (Lipinski definition) is 3. The van der Waals surface area contributed by atoms with E-state index in [1.54, 1.807) is 6.33 Å². The fourth-order valence-corrected chi connectivity index (χ4v) is 1.56. The highest BCUT2D eigenvalue weighted by atomic mass is 16.3. The second-order valence-electron chi connectivity index (χ2n) is 3.68. The van der Waals surface area contributed by atoms with Crippen molar-refractivity contribution < 1.29 is 5.11 Å². The van der Waals surface area contributed by atoms with Crippen LogP contribution in [-0.4, -0.2) is 27.2 Å². The van der Waals surface area contributed by atoms with Crippen molar-refractivity contribution in [3.05, 3.63) is 17.7 Å². The Bertz CT molecular complexity index is 278. The molecule has 0 atom stereocenters. The van der Waals surface area contributed by atoms with Gasteiger partial charge in [-0.05, 0) is 19.8 Å². The van der Waals surface area contributed by atoms with Crippen molar-refractivity contribution in [2.45, 2.75) is 38.5 Å². The Morgan fingerprint density at radius 3 is 3.00 bits per heavy atom. The van der Waals surface area contributed by atoms with E-state index < -0.39 is 0 Å². The molecule has 0 radical (unpaired) electrons. The summed E-state index contributed by atoms with van der Waals surface area (Å²) in [7, 11) is 0. The zero-order chi connectivity index (χ0) is 9.26. The SMILES string of the molecule is Cc1[nH]cnc1CNC1CC(O)C1. The van der Waals surface area contributed by atoms with E-state index in [0.29, 0.717) is 6.04 Å². The van der Waals surface area contributed by atoms with Crippen molar-refractivity contribution in [3.8, 4) is 0 Å². The average molecular weight is 181 g/mol. The molecule has 1 aromatic heterocycles. The molecule has 2 rings (SSSR count). The molecule has 1 saturated carbocycles. The average Bonchev–Trinajstić information content (AvgIpc) is 2.43. The first-order valence-corrected chi connectivity index (χ1v) is 4.66. The lowest BCUT2D eigenvalue weighted by Gasteiger charge is -2.31. The third-order valence-corrected chi connectivity index (χ3v) is 2.61. The van der Waals surface area contributed by atoms with Crippen molar-refractivity contribution in [3.63, 3.8) is 0 Å². The molecule has 0 aliphatic heterocycles. The van der Waals surface area contributed by atoms with E-state index in [1.165, 1.54) is 0 Å². The highest BCUT2D eigenvalue weighted by Crippen LogP contribution is 2.19. The lowest BCUT2D eigenvalue weighted by atomic mass is 9.89. The van der Waals surface area contributed by atoms with Gasteiger partial charge in [-0.1, -0.05) is 0 Å². The second kappa shape index (κ2) is 3.47. The number of nitrogens with zero attached hydrogens (tertiary/aromatic N) is 1. The summed E-state index contributed by atoms with van der Waals surface area (Å²) >= 11 is 0. The number of hydrogen-bond donors (Lipinski definition) is 3. The van der Waals surface area contributed by atoms with E-state index >= 15 is 0 Å². The van der Waals surface area contributed by atoms with Crippen molar-refractivity contribution >= 4 is 0 Å². The van der Waals surface area contributed by atoms with Crippen LogP contribution in [0.4, 0.5) is 0 Å². The molecule has 4 nitrogen and oxygen atoms in total. The molecule has 1 fully saturated rings. The Hall–Kier alpha value is -0.870. The third-order valence-electron chi connectivity index (χ3n) is 2.61. The molecule has 1 aliphatic rings. The molecule has 72 valence electrons. The predicted molar refractivity (Wildman–Crippen MR) is 49.2 cm³/mol.